The van der Waals surface area contributed by atoms with Crippen LogP contribution in [-0.2, 0) is 9.47 Å². The molecule has 1 aliphatic rings. The highest BCUT2D eigenvalue weighted by Crippen LogP contribution is 2.23. The van der Waals surface area contributed by atoms with E-state index in [9.17, 15) is 8.78 Å². The summed E-state index contributed by atoms with van der Waals surface area (Å²) in [5.74, 6) is 0. The van der Waals surface area contributed by atoms with Gasteiger partial charge in [-0.05, 0) is 0 Å². The van der Waals surface area contributed by atoms with Crippen LogP contribution in [0.5, 0.6) is 0 Å². The lowest BCUT2D eigenvalue weighted by molar-refractivity contribution is -0.261. The van der Waals surface area contributed by atoms with Crippen LogP contribution in [-0.4, -0.2) is 44.8 Å². The second-order valence-corrected chi connectivity index (χ2v) is 3.35. The van der Waals surface area contributed by atoms with Crippen molar-refractivity contribution in [2.45, 2.75) is 24.5 Å². The highest BCUT2D eigenvalue weighted by molar-refractivity contribution is 5.09. The number of alkyl halides is 2. The first-order valence-electron chi connectivity index (χ1n) is 4.84. The van der Waals surface area contributed by atoms with E-state index in [2.05, 4.69) is 25.0 Å². The predicted molar refractivity (Wildman–Crippen MR) is 52.6 cm³/mol. The highest BCUT2D eigenvalue weighted by atomic mass is 19.3. The molecule has 0 aromatic carbocycles. The molecular weight excluding hydrogens is 234 g/mol. The van der Waals surface area contributed by atoms with E-state index in [1.165, 1.54) is 7.11 Å². The van der Waals surface area contributed by atoms with E-state index in [-0.39, 0.29) is 13.2 Å². The van der Waals surface area contributed by atoms with E-state index < -0.39 is 24.5 Å². The Labute approximate surface area is 97.3 Å². The van der Waals surface area contributed by atoms with Gasteiger partial charge in [-0.15, -0.1) is 0 Å². The Balaban J connectivity index is 2.56. The number of methoxy groups -OCH3 is 1. The van der Waals surface area contributed by atoms with E-state index >= 15 is 0 Å². The molecule has 0 bridgehead atoms. The van der Waals surface area contributed by atoms with Crippen molar-refractivity contribution in [2.24, 2.45) is 0 Å². The highest BCUT2D eigenvalue weighted by Gasteiger charge is 2.51. The number of nitrogens with zero attached hydrogens (tertiary/aromatic N) is 2. The molecule has 1 saturated heterocycles. The number of hydrogen-bond donors (Lipinski definition) is 2. The van der Waals surface area contributed by atoms with Gasteiger partial charge in [-0.1, -0.05) is 0 Å². The molecular formula is C9H12F2N4O2. The van der Waals surface area contributed by atoms with Crippen molar-refractivity contribution >= 4 is 0 Å². The summed E-state index contributed by atoms with van der Waals surface area (Å²) in [7, 11) is 1.37. The fourth-order valence-corrected chi connectivity index (χ4v) is 1.34. The lowest BCUT2D eigenvalue weighted by Gasteiger charge is -2.22. The maximum absolute atomic E-state index is 13.5. The van der Waals surface area contributed by atoms with Gasteiger partial charge < -0.3 is 9.47 Å². The van der Waals surface area contributed by atoms with Gasteiger partial charge in [-0.3, -0.25) is 10.2 Å². The Hall–Kier alpha value is -1.32. The van der Waals surface area contributed by atoms with Gasteiger partial charge in [0.25, 0.3) is 0 Å². The molecule has 1 rings (SSSR count). The summed E-state index contributed by atoms with van der Waals surface area (Å²) in [6.07, 6.45) is -6.06. The number of ether oxygens (including phenoxy) is 2. The zero-order valence-electron chi connectivity index (χ0n) is 9.11. The maximum Gasteiger partial charge on any atom is 0.384 e. The zero-order chi connectivity index (χ0) is 12.9. The molecule has 0 aliphatic carbocycles. The quantitative estimate of drug-likeness (QED) is 0.523. The molecule has 0 amide bonds. The Bertz CT molecular complexity index is 317. The first-order chi connectivity index (χ1) is 8.05. The third kappa shape index (κ3) is 3.32. The molecule has 3 unspecified atom stereocenters. The van der Waals surface area contributed by atoms with Crippen LogP contribution in [0.4, 0.5) is 8.78 Å². The summed E-state index contributed by atoms with van der Waals surface area (Å²) in [5.41, 5.74) is 0. The number of nitriles is 1. The number of hydrogen-bond acceptors (Lipinski definition) is 5. The molecule has 0 spiro atoms. The Morgan fingerprint density at radius 1 is 1.47 bits per heavy atom. The Morgan fingerprint density at radius 3 is 2.65 bits per heavy atom. The van der Waals surface area contributed by atoms with E-state index in [0.29, 0.717) is 0 Å². The molecule has 17 heavy (non-hydrogen) atoms. The van der Waals surface area contributed by atoms with Crippen LogP contribution in [0.15, 0.2) is 0 Å². The lowest BCUT2D eigenvalue weighted by atomic mass is 10.3. The standard InChI is InChI=1S/C9H12F2N4O2/c1-13-7-6(5-12)14-8(15-7)9(10,11)17-4-3-16-2/h6-8,14-15H,3-4H2,2H3. The topological polar surface area (TPSA) is 70.7 Å². The van der Waals surface area contributed by atoms with E-state index in [1.54, 1.807) is 6.07 Å². The summed E-state index contributed by atoms with van der Waals surface area (Å²) < 4.78 is 35.8. The molecule has 94 valence electrons. The molecule has 1 heterocycles. The smallest absolute Gasteiger partial charge is 0.382 e. The molecule has 0 aromatic heterocycles. The molecule has 0 saturated carbocycles. The summed E-state index contributed by atoms with van der Waals surface area (Å²) in [4.78, 5) is 3.04. The molecule has 0 radical (unpaired) electrons. The second kappa shape index (κ2) is 5.84. The Kier molecular flexibility index (Phi) is 4.73. The van der Waals surface area contributed by atoms with Gasteiger partial charge in [0.2, 0.25) is 0 Å². The minimum Gasteiger partial charge on any atom is -0.382 e. The van der Waals surface area contributed by atoms with Crippen LogP contribution in [0.2, 0.25) is 0 Å². The average Bonchev–Trinajstić information content (AvgIpc) is 2.73. The van der Waals surface area contributed by atoms with Gasteiger partial charge in [-0.2, -0.15) is 14.0 Å². The van der Waals surface area contributed by atoms with Crippen molar-refractivity contribution in [1.29, 1.82) is 5.26 Å². The van der Waals surface area contributed by atoms with Crippen molar-refractivity contribution in [3.63, 3.8) is 0 Å². The Morgan fingerprint density at radius 2 is 2.18 bits per heavy atom. The fourth-order valence-electron chi connectivity index (χ4n) is 1.34. The molecule has 2 N–H and O–H groups in total. The van der Waals surface area contributed by atoms with Crippen molar-refractivity contribution in [2.75, 3.05) is 20.3 Å². The van der Waals surface area contributed by atoms with E-state index in [1.807, 2.05) is 0 Å². The monoisotopic (exact) mass is 246 g/mol. The summed E-state index contributed by atoms with van der Waals surface area (Å²) in [6.45, 7) is 6.53. The van der Waals surface area contributed by atoms with Gasteiger partial charge in [0.15, 0.2) is 12.2 Å². The van der Waals surface area contributed by atoms with Gasteiger partial charge in [-0.25, -0.2) is 11.9 Å². The van der Waals surface area contributed by atoms with Crippen molar-refractivity contribution < 1.29 is 18.3 Å². The van der Waals surface area contributed by atoms with Crippen LogP contribution in [0.3, 0.4) is 0 Å². The van der Waals surface area contributed by atoms with Crippen LogP contribution < -0.4 is 10.6 Å². The van der Waals surface area contributed by atoms with Crippen LogP contribution >= 0.6 is 0 Å². The number of halogens is 2. The molecule has 3 atom stereocenters. The summed E-state index contributed by atoms with van der Waals surface area (Å²) in [6, 6.07) is 0.756. The summed E-state index contributed by atoms with van der Waals surface area (Å²) in [5, 5.41) is 13.3. The minimum atomic E-state index is -3.51. The van der Waals surface area contributed by atoms with Crippen molar-refractivity contribution in [3.8, 4) is 6.07 Å². The van der Waals surface area contributed by atoms with E-state index in [0.717, 1.165) is 0 Å². The second-order valence-electron chi connectivity index (χ2n) is 3.35. The first-order valence-corrected chi connectivity index (χ1v) is 4.84. The number of rotatable bonds is 5. The fraction of sp³-hybridized carbons (Fsp3) is 0.778. The van der Waals surface area contributed by atoms with Crippen molar-refractivity contribution in [3.05, 3.63) is 11.4 Å². The molecule has 0 aromatic rings. The van der Waals surface area contributed by atoms with Gasteiger partial charge in [0.1, 0.15) is 0 Å². The molecule has 1 aliphatic heterocycles. The van der Waals surface area contributed by atoms with Gasteiger partial charge >= 0.3 is 12.3 Å². The normalized spacial score (nSPS) is 28.6. The first kappa shape index (κ1) is 13.7. The van der Waals surface area contributed by atoms with Crippen LogP contribution in [0, 0.1) is 17.9 Å². The maximum atomic E-state index is 13.5. The van der Waals surface area contributed by atoms with Crippen LogP contribution in [0.25, 0.3) is 4.85 Å². The van der Waals surface area contributed by atoms with Crippen molar-refractivity contribution in [1.82, 2.24) is 10.6 Å². The number of nitrogens with one attached hydrogen (secondary N) is 2. The zero-order valence-corrected chi connectivity index (χ0v) is 9.11. The molecule has 8 heteroatoms. The average molecular weight is 246 g/mol. The largest absolute Gasteiger partial charge is 0.384 e. The molecule has 6 nitrogen and oxygen atoms in total. The third-order valence-electron chi connectivity index (χ3n) is 2.20. The van der Waals surface area contributed by atoms with Crippen LogP contribution in [0.1, 0.15) is 0 Å². The lowest BCUT2D eigenvalue weighted by Crippen LogP contribution is -2.51. The SMILES string of the molecule is [C-]#[N+]C1NC(C(F)(F)OCCOC)NC1C#N. The van der Waals surface area contributed by atoms with E-state index in [4.69, 9.17) is 11.8 Å². The molecule has 1 fully saturated rings. The van der Waals surface area contributed by atoms with Gasteiger partial charge in [0.05, 0.1) is 19.3 Å². The van der Waals surface area contributed by atoms with Gasteiger partial charge in [0, 0.05) is 7.11 Å². The predicted octanol–water partition coefficient (Wildman–Crippen LogP) is -0.101. The summed E-state index contributed by atoms with van der Waals surface area (Å²) >= 11 is 0. The minimum absolute atomic E-state index is 0.0379. The third-order valence-corrected chi connectivity index (χ3v) is 2.20.